The van der Waals surface area contributed by atoms with Crippen molar-refractivity contribution < 1.29 is 29.8 Å². The molecule has 0 spiro atoms. The summed E-state index contributed by atoms with van der Waals surface area (Å²) >= 11 is 0. The number of ether oxygens (including phenoxy) is 1. The smallest absolute Gasteiger partial charge is 0.311 e. The van der Waals surface area contributed by atoms with Crippen LogP contribution in [-0.2, 0) is 11.2 Å². The Labute approximate surface area is 143 Å². The minimum Gasteiger partial charge on any atom is -0.508 e. The number of benzene rings is 2. The maximum atomic E-state index is 11.7. The van der Waals surface area contributed by atoms with E-state index in [0.29, 0.717) is 17.9 Å². The fourth-order valence-corrected chi connectivity index (χ4v) is 2.47. The highest BCUT2D eigenvalue weighted by molar-refractivity contribution is 5.77. The summed E-state index contributed by atoms with van der Waals surface area (Å²) < 4.78 is 5.35. The predicted molar refractivity (Wildman–Crippen MR) is 88.1 cm³/mol. The topological polar surface area (TPSA) is 130 Å². The molecule has 132 valence electrons. The number of rotatable bonds is 7. The van der Waals surface area contributed by atoms with E-state index < -0.39 is 34.0 Å². The monoisotopic (exact) mass is 347 g/mol. The SMILES string of the molecule is CCOc1cccc(C(Cc2cc([N+](=O)[O-])c(O)cc2O)C(=O)O)c1. The van der Waals surface area contributed by atoms with Gasteiger partial charge in [-0.25, -0.2) is 0 Å². The third-order valence-electron chi connectivity index (χ3n) is 3.67. The molecular formula is C17H17NO7. The van der Waals surface area contributed by atoms with Crippen LogP contribution in [0, 0.1) is 10.1 Å². The molecule has 0 aliphatic rings. The first kappa shape index (κ1) is 18.1. The Morgan fingerprint density at radius 2 is 1.96 bits per heavy atom. The summed E-state index contributed by atoms with van der Waals surface area (Å²) in [6, 6.07) is 8.33. The predicted octanol–water partition coefficient (Wildman–Crippen LogP) is 2.82. The third-order valence-corrected chi connectivity index (χ3v) is 3.67. The van der Waals surface area contributed by atoms with E-state index in [9.17, 15) is 30.2 Å². The first-order chi connectivity index (χ1) is 11.8. The molecule has 8 nitrogen and oxygen atoms in total. The van der Waals surface area contributed by atoms with Gasteiger partial charge in [0.2, 0.25) is 0 Å². The summed E-state index contributed by atoms with van der Waals surface area (Å²) in [4.78, 5) is 21.8. The summed E-state index contributed by atoms with van der Waals surface area (Å²) in [5.74, 6) is -2.78. The number of carbonyl (C=O) groups is 1. The molecule has 2 aromatic carbocycles. The van der Waals surface area contributed by atoms with E-state index in [1.54, 1.807) is 31.2 Å². The van der Waals surface area contributed by atoms with Gasteiger partial charge < -0.3 is 20.1 Å². The molecule has 0 aromatic heterocycles. The Hall–Kier alpha value is -3.29. The summed E-state index contributed by atoms with van der Waals surface area (Å²) in [7, 11) is 0. The summed E-state index contributed by atoms with van der Waals surface area (Å²) in [6.45, 7) is 2.22. The zero-order chi connectivity index (χ0) is 18.6. The van der Waals surface area contributed by atoms with Crippen LogP contribution < -0.4 is 4.74 Å². The average molecular weight is 347 g/mol. The maximum absolute atomic E-state index is 11.7. The van der Waals surface area contributed by atoms with Gasteiger partial charge in [0.1, 0.15) is 11.5 Å². The summed E-state index contributed by atoms with van der Waals surface area (Å²) in [6.07, 6.45) is -0.183. The van der Waals surface area contributed by atoms with Crippen LogP contribution in [0.4, 0.5) is 5.69 Å². The number of nitro benzene ring substituents is 1. The van der Waals surface area contributed by atoms with Crippen LogP contribution in [0.15, 0.2) is 36.4 Å². The first-order valence-electron chi connectivity index (χ1n) is 7.48. The van der Waals surface area contributed by atoms with Crippen molar-refractivity contribution in [3.63, 3.8) is 0 Å². The molecule has 0 aliphatic carbocycles. The van der Waals surface area contributed by atoms with Gasteiger partial charge in [-0.05, 0) is 31.0 Å². The number of phenolic OH excluding ortho intramolecular Hbond substituents is 2. The molecule has 0 bridgehead atoms. The second kappa shape index (κ2) is 7.52. The van der Waals surface area contributed by atoms with Gasteiger partial charge in [-0.15, -0.1) is 0 Å². The van der Waals surface area contributed by atoms with Crippen molar-refractivity contribution in [3.05, 3.63) is 57.6 Å². The third kappa shape index (κ3) is 4.17. The Kier molecular flexibility index (Phi) is 5.43. The van der Waals surface area contributed by atoms with Crippen molar-refractivity contribution in [3.8, 4) is 17.2 Å². The van der Waals surface area contributed by atoms with E-state index in [4.69, 9.17) is 4.74 Å². The summed E-state index contributed by atoms with van der Waals surface area (Å²) in [5.41, 5.74) is -0.104. The highest BCUT2D eigenvalue weighted by Crippen LogP contribution is 2.36. The average Bonchev–Trinajstić information content (AvgIpc) is 2.54. The zero-order valence-corrected chi connectivity index (χ0v) is 13.4. The van der Waals surface area contributed by atoms with Gasteiger partial charge >= 0.3 is 11.7 Å². The van der Waals surface area contributed by atoms with E-state index >= 15 is 0 Å². The van der Waals surface area contributed by atoms with E-state index in [0.717, 1.165) is 12.1 Å². The molecule has 8 heteroatoms. The molecule has 0 heterocycles. The number of aliphatic carboxylic acids is 1. The molecule has 2 rings (SSSR count). The largest absolute Gasteiger partial charge is 0.508 e. The molecule has 1 unspecified atom stereocenters. The molecule has 0 fully saturated rings. The fraction of sp³-hybridized carbons (Fsp3) is 0.235. The molecule has 3 N–H and O–H groups in total. The quantitative estimate of drug-likeness (QED) is 0.518. The normalized spacial score (nSPS) is 11.7. The minimum atomic E-state index is -1.15. The lowest BCUT2D eigenvalue weighted by atomic mass is 9.91. The molecule has 0 aliphatic heterocycles. The maximum Gasteiger partial charge on any atom is 0.311 e. The van der Waals surface area contributed by atoms with Crippen LogP contribution in [-0.4, -0.2) is 32.8 Å². The van der Waals surface area contributed by atoms with Crippen molar-refractivity contribution >= 4 is 11.7 Å². The molecule has 1 atom stereocenters. The molecule has 2 aromatic rings. The highest BCUT2D eigenvalue weighted by Gasteiger charge is 2.25. The minimum absolute atomic E-state index is 0.0544. The molecule has 0 saturated carbocycles. The second-order valence-corrected chi connectivity index (χ2v) is 5.33. The number of aromatic hydroxyl groups is 2. The van der Waals surface area contributed by atoms with Gasteiger partial charge in [0.15, 0.2) is 5.75 Å². The lowest BCUT2D eigenvalue weighted by Gasteiger charge is -2.15. The van der Waals surface area contributed by atoms with E-state index in [1.165, 1.54) is 0 Å². The van der Waals surface area contributed by atoms with E-state index in [1.807, 2.05) is 0 Å². The van der Waals surface area contributed by atoms with Gasteiger partial charge in [-0.2, -0.15) is 0 Å². The number of hydrogen-bond acceptors (Lipinski definition) is 6. The number of carboxylic acid groups (broad SMARTS) is 1. The second-order valence-electron chi connectivity index (χ2n) is 5.33. The van der Waals surface area contributed by atoms with Crippen LogP contribution in [0.2, 0.25) is 0 Å². The van der Waals surface area contributed by atoms with Crippen LogP contribution in [0.3, 0.4) is 0 Å². The van der Waals surface area contributed by atoms with Crippen molar-refractivity contribution in [2.45, 2.75) is 19.3 Å². The van der Waals surface area contributed by atoms with Crippen LogP contribution >= 0.6 is 0 Å². The molecule has 0 amide bonds. The van der Waals surface area contributed by atoms with E-state index in [-0.39, 0.29) is 12.0 Å². The summed E-state index contributed by atoms with van der Waals surface area (Å²) in [5, 5.41) is 39.9. The van der Waals surface area contributed by atoms with Gasteiger partial charge in [-0.1, -0.05) is 12.1 Å². The van der Waals surface area contributed by atoms with Crippen molar-refractivity contribution in [2.75, 3.05) is 6.61 Å². The van der Waals surface area contributed by atoms with Crippen LogP contribution in [0.5, 0.6) is 17.2 Å². The zero-order valence-electron chi connectivity index (χ0n) is 13.4. The number of phenols is 2. The molecule has 25 heavy (non-hydrogen) atoms. The molecule has 0 radical (unpaired) electrons. The number of nitrogens with zero attached hydrogens (tertiary/aromatic N) is 1. The molecular weight excluding hydrogens is 330 g/mol. The van der Waals surface area contributed by atoms with Crippen molar-refractivity contribution in [1.82, 2.24) is 0 Å². The Balaban J connectivity index is 2.40. The van der Waals surface area contributed by atoms with Crippen molar-refractivity contribution in [2.24, 2.45) is 0 Å². The van der Waals surface area contributed by atoms with Gasteiger partial charge in [0.05, 0.1) is 17.4 Å². The Morgan fingerprint density at radius 1 is 1.24 bits per heavy atom. The lowest BCUT2D eigenvalue weighted by Crippen LogP contribution is -2.15. The van der Waals surface area contributed by atoms with Crippen LogP contribution in [0.1, 0.15) is 24.0 Å². The standard InChI is InChI=1S/C17H17NO7/c1-2-25-12-5-3-4-10(6-12)13(17(21)22)7-11-8-14(18(23)24)16(20)9-15(11)19/h3-6,8-9,13,19-20H,2,7H2,1H3,(H,21,22). The Morgan fingerprint density at radius 3 is 2.56 bits per heavy atom. The van der Waals surface area contributed by atoms with Crippen LogP contribution in [0.25, 0.3) is 0 Å². The highest BCUT2D eigenvalue weighted by atomic mass is 16.6. The first-order valence-corrected chi connectivity index (χ1v) is 7.48. The number of hydrogen-bond donors (Lipinski definition) is 3. The Bertz CT molecular complexity index is 804. The number of carboxylic acids is 1. The van der Waals surface area contributed by atoms with E-state index in [2.05, 4.69) is 0 Å². The number of nitro groups is 1. The van der Waals surface area contributed by atoms with Gasteiger partial charge in [0, 0.05) is 17.7 Å². The van der Waals surface area contributed by atoms with Gasteiger partial charge in [0.25, 0.3) is 0 Å². The van der Waals surface area contributed by atoms with Gasteiger partial charge in [-0.3, -0.25) is 14.9 Å². The molecule has 0 saturated heterocycles. The van der Waals surface area contributed by atoms with Crippen molar-refractivity contribution in [1.29, 1.82) is 0 Å². The lowest BCUT2D eigenvalue weighted by molar-refractivity contribution is -0.385. The fourth-order valence-electron chi connectivity index (χ4n) is 2.47.